The molecule has 0 radical (unpaired) electrons. The molecule has 1 rings (SSSR count). The maximum absolute atomic E-state index is 11.9. The average molecular weight is 284 g/mol. The summed E-state index contributed by atoms with van der Waals surface area (Å²) in [5, 5.41) is 26.0. The zero-order valence-electron chi connectivity index (χ0n) is 10.7. The Kier molecular flexibility index (Phi) is 6.65. The van der Waals surface area contributed by atoms with Crippen LogP contribution in [0.15, 0.2) is 18.2 Å². The van der Waals surface area contributed by atoms with Gasteiger partial charge in [0.1, 0.15) is 6.61 Å². The third-order valence-corrected chi connectivity index (χ3v) is 2.58. The largest absolute Gasteiger partial charge is 0.478 e. The number of aliphatic hydroxyl groups excluding tert-OH is 1. The molecule has 0 aromatic heterocycles. The molecule has 7 nitrogen and oxygen atoms in total. The molecule has 0 atom stereocenters. The van der Waals surface area contributed by atoms with Crippen LogP contribution in [0.4, 0.5) is 0 Å². The van der Waals surface area contributed by atoms with Crippen LogP contribution in [0.3, 0.4) is 0 Å². The second kappa shape index (κ2) is 8.26. The second-order valence-electron chi connectivity index (χ2n) is 4.02. The van der Waals surface area contributed by atoms with Crippen molar-refractivity contribution >= 4 is 11.9 Å². The molecule has 0 aliphatic rings. The van der Waals surface area contributed by atoms with E-state index in [1.807, 2.05) is 0 Å². The third-order valence-electron chi connectivity index (χ3n) is 2.58. The van der Waals surface area contributed by atoms with E-state index in [-0.39, 0.29) is 30.9 Å². The van der Waals surface area contributed by atoms with E-state index in [1.165, 1.54) is 18.2 Å². The summed E-state index contributed by atoms with van der Waals surface area (Å²) < 4.78 is 4.97. The highest BCUT2D eigenvalue weighted by Gasteiger charge is 2.16. The molecule has 0 amide bonds. The number of ether oxygens (including phenoxy) is 1. The second-order valence-corrected chi connectivity index (χ2v) is 4.02. The molecule has 0 saturated heterocycles. The summed E-state index contributed by atoms with van der Waals surface area (Å²) in [6, 6.07) is 3.86. The van der Waals surface area contributed by atoms with Gasteiger partial charge in [0.05, 0.1) is 17.7 Å². The molecular formula is C13H16O7. The molecule has 1 aromatic carbocycles. The lowest BCUT2D eigenvalue weighted by atomic mass is 10.0. The predicted molar refractivity (Wildman–Crippen MR) is 67.4 cm³/mol. The summed E-state index contributed by atoms with van der Waals surface area (Å²) in [6.45, 7) is -0.118. The number of hydrogen-bond donors (Lipinski definition) is 3. The van der Waals surface area contributed by atoms with Crippen LogP contribution in [0, 0.1) is 0 Å². The Labute approximate surface area is 115 Å². The maximum Gasteiger partial charge on any atom is 0.338 e. The lowest BCUT2D eigenvalue weighted by Gasteiger charge is -2.09. The van der Waals surface area contributed by atoms with E-state index in [4.69, 9.17) is 20.2 Å². The Hall–Kier alpha value is -1.96. The van der Waals surface area contributed by atoms with E-state index < -0.39 is 11.9 Å². The van der Waals surface area contributed by atoms with Gasteiger partial charge in [-0.2, -0.15) is 0 Å². The van der Waals surface area contributed by atoms with Gasteiger partial charge in [0.2, 0.25) is 0 Å². The van der Waals surface area contributed by atoms with Crippen LogP contribution in [-0.4, -0.2) is 40.6 Å². The van der Waals surface area contributed by atoms with Crippen molar-refractivity contribution in [3.05, 3.63) is 34.9 Å². The van der Waals surface area contributed by atoms with Crippen molar-refractivity contribution in [2.45, 2.75) is 19.4 Å². The van der Waals surface area contributed by atoms with E-state index in [1.54, 1.807) is 0 Å². The summed E-state index contributed by atoms with van der Waals surface area (Å²) >= 11 is 0. The van der Waals surface area contributed by atoms with Gasteiger partial charge in [-0.05, 0) is 30.5 Å². The average Bonchev–Trinajstić information content (AvgIpc) is 2.44. The Bertz CT molecular complexity index is 470. The van der Waals surface area contributed by atoms with Crippen molar-refractivity contribution < 1.29 is 34.7 Å². The standard InChI is InChI=1S/C13H16O7/c14-5-1-2-6-19-13(17)11-7-9(12(15)16)3-4-10(11)8-20-18/h3-4,7,14,18H,1-2,5-6,8H2,(H,15,16). The summed E-state index contributed by atoms with van der Waals surface area (Å²) in [4.78, 5) is 26.7. The molecule has 3 N–H and O–H groups in total. The summed E-state index contributed by atoms with van der Waals surface area (Å²) in [5.41, 5.74) is 0.293. The Morgan fingerprint density at radius 1 is 1.20 bits per heavy atom. The zero-order chi connectivity index (χ0) is 15.0. The SMILES string of the molecule is O=C(O)c1ccc(COO)c(C(=O)OCCCCO)c1. The van der Waals surface area contributed by atoms with Gasteiger partial charge < -0.3 is 14.9 Å². The van der Waals surface area contributed by atoms with Crippen LogP contribution in [0.5, 0.6) is 0 Å². The minimum absolute atomic E-state index is 0.00958. The fraction of sp³-hybridized carbons (Fsp3) is 0.385. The number of carboxylic acids is 1. The number of aliphatic hydroxyl groups is 1. The lowest BCUT2D eigenvalue weighted by Crippen LogP contribution is -2.12. The molecule has 0 aliphatic heterocycles. The Morgan fingerprint density at radius 2 is 1.95 bits per heavy atom. The van der Waals surface area contributed by atoms with Crippen molar-refractivity contribution in [3.8, 4) is 0 Å². The molecule has 0 bridgehead atoms. The molecule has 1 aromatic rings. The first-order valence-corrected chi connectivity index (χ1v) is 6.00. The van der Waals surface area contributed by atoms with Crippen LogP contribution >= 0.6 is 0 Å². The fourth-order valence-corrected chi connectivity index (χ4v) is 1.55. The fourth-order valence-electron chi connectivity index (χ4n) is 1.55. The predicted octanol–water partition coefficient (Wildman–Crippen LogP) is 1.30. The quantitative estimate of drug-likeness (QED) is 0.285. The lowest BCUT2D eigenvalue weighted by molar-refractivity contribution is -0.253. The summed E-state index contributed by atoms with van der Waals surface area (Å²) in [6.07, 6.45) is 1.02. The molecule has 0 fully saturated rings. The summed E-state index contributed by atoms with van der Waals surface area (Å²) in [7, 11) is 0. The number of esters is 1. The Balaban J connectivity index is 2.85. The van der Waals surface area contributed by atoms with Crippen LogP contribution in [-0.2, 0) is 16.2 Å². The smallest absolute Gasteiger partial charge is 0.338 e. The molecule has 20 heavy (non-hydrogen) atoms. The van der Waals surface area contributed by atoms with Gasteiger partial charge in [-0.3, -0.25) is 5.26 Å². The molecule has 110 valence electrons. The summed E-state index contributed by atoms with van der Waals surface area (Å²) in [5.74, 6) is -1.87. The van der Waals surface area contributed by atoms with Crippen molar-refractivity contribution in [2.75, 3.05) is 13.2 Å². The first-order chi connectivity index (χ1) is 9.60. The van der Waals surface area contributed by atoms with Crippen molar-refractivity contribution in [2.24, 2.45) is 0 Å². The van der Waals surface area contributed by atoms with E-state index in [0.29, 0.717) is 18.4 Å². The van der Waals surface area contributed by atoms with Gasteiger partial charge in [0.15, 0.2) is 0 Å². The van der Waals surface area contributed by atoms with E-state index in [0.717, 1.165) is 0 Å². The van der Waals surface area contributed by atoms with E-state index >= 15 is 0 Å². The van der Waals surface area contributed by atoms with Gasteiger partial charge >= 0.3 is 11.9 Å². The van der Waals surface area contributed by atoms with Crippen LogP contribution < -0.4 is 0 Å². The number of hydrogen-bond acceptors (Lipinski definition) is 6. The highest BCUT2D eigenvalue weighted by atomic mass is 17.1. The maximum atomic E-state index is 11.9. The Morgan fingerprint density at radius 3 is 2.55 bits per heavy atom. The topological polar surface area (TPSA) is 113 Å². The molecule has 0 heterocycles. The third kappa shape index (κ3) is 4.61. The monoisotopic (exact) mass is 284 g/mol. The van der Waals surface area contributed by atoms with Gasteiger partial charge in [-0.1, -0.05) is 6.07 Å². The van der Waals surface area contributed by atoms with Gasteiger partial charge in [-0.15, -0.1) is 0 Å². The highest BCUT2D eigenvalue weighted by molar-refractivity contribution is 5.95. The number of unbranched alkanes of at least 4 members (excludes halogenated alkanes) is 1. The highest BCUT2D eigenvalue weighted by Crippen LogP contribution is 2.15. The van der Waals surface area contributed by atoms with Gasteiger partial charge in [-0.25, -0.2) is 14.5 Å². The van der Waals surface area contributed by atoms with Crippen molar-refractivity contribution in [1.82, 2.24) is 0 Å². The molecule has 0 aliphatic carbocycles. The number of carbonyl (C=O) groups excluding carboxylic acids is 1. The van der Waals surface area contributed by atoms with Gasteiger partial charge in [0, 0.05) is 6.61 Å². The first kappa shape index (κ1) is 16.1. The van der Waals surface area contributed by atoms with Crippen LogP contribution in [0.2, 0.25) is 0 Å². The normalized spacial score (nSPS) is 10.3. The zero-order valence-corrected chi connectivity index (χ0v) is 10.7. The number of aromatic carboxylic acids is 1. The number of carbonyl (C=O) groups is 2. The minimum atomic E-state index is -1.17. The number of carboxylic acid groups (broad SMARTS) is 1. The van der Waals surface area contributed by atoms with Crippen LogP contribution in [0.1, 0.15) is 39.1 Å². The van der Waals surface area contributed by atoms with Crippen molar-refractivity contribution in [1.29, 1.82) is 0 Å². The molecule has 0 spiro atoms. The minimum Gasteiger partial charge on any atom is -0.478 e. The molecule has 0 unspecified atom stereocenters. The van der Waals surface area contributed by atoms with Gasteiger partial charge in [0.25, 0.3) is 0 Å². The first-order valence-electron chi connectivity index (χ1n) is 6.00. The molecule has 7 heteroatoms. The van der Waals surface area contributed by atoms with E-state index in [2.05, 4.69) is 4.89 Å². The number of rotatable bonds is 8. The molecule has 0 saturated carbocycles. The van der Waals surface area contributed by atoms with E-state index in [9.17, 15) is 9.59 Å². The van der Waals surface area contributed by atoms with Crippen molar-refractivity contribution in [3.63, 3.8) is 0 Å². The molecular weight excluding hydrogens is 268 g/mol. The van der Waals surface area contributed by atoms with Crippen LogP contribution in [0.25, 0.3) is 0 Å². The number of benzene rings is 1.